The zero-order valence-corrected chi connectivity index (χ0v) is 14.6. The lowest BCUT2D eigenvalue weighted by molar-refractivity contribution is -1.28. The van der Waals surface area contributed by atoms with E-state index in [1.54, 1.807) is 13.8 Å². The van der Waals surface area contributed by atoms with Crippen LogP contribution in [0.3, 0.4) is 0 Å². The summed E-state index contributed by atoms with van der Waals surface area (Å²) >= 11 is 0. The molecule has 138 valence electrons. The summed E-state index contributed by atoms with van der Waals surface area (Å²) in [7, 11) is 0. The van der Waals surface area contributed by atoms with Gasteiger partial charge in [0.05, 0.1) is 6.61 Å². The molecule has 1 saturated carbocycles. The SMILES string of the molecule is CCOC(=O)C12C(=O)C(=O)C3(C=C4C(=O)C(=O)C41C3)[N+]2(OCC)OCC. The van der Waals surface area contributed by atoms with E-state index >= 15 is 0 Å². The van der Waals surface area contributed by atoms with Crippen LogP contribution in [0, 0.1) is 5.41 Å². The summed E-state index contributed by atoms with van der Waals surface area (Å²) < 4.78 is 5.12. The molecule has 4 rings (SSSR count). The maximum atomic E-state index is 13.1. The maximum absolute atomic E-state index is 13.1. The first-order valence-electron chi connectivity index (χ1n) is 8.56. The van der Waals surface area contributed by atoms with Gasteiger partial charge in [0.15, 0.2) is 5.41 Å². The lowest BCUT2D eigenvalue weighted by Crippen LogP contribution is -2.79. The molecule has 0 aromatic rings. The minimum Gasteiger partial charge on any atom is -0.461 e. The molecule has 0 amide bonds. The molecule has 3 bridgehead atoms. The molecule has 0 radical (unpaired) electrons. The number of quaternary nitrogens is 1. The molecule has 26 heavy (non-hydrogen) atoms. The van der Waals surface area contributed by atoms with Crippen molar-refractivity contribution < 1.29 is 43.2 Å². The first-order chi connectivity index (χ1) is 12.3. The molecule has 2 spiro atoms. The molecule has 3 atom stereocenters. The van der Waals surface area contributed by atoms with E-state index in [4.69, 9.17) is 14.4 Å². The smallest absolute Gasteiger partial charge is 0.384 e. The molecule has 2 aliphatic heterocycles. The Morgan fingerprint density at radius 3 is 2.15 bits per heavy atom. The molecule has 3 unspecified atom stereocenters. The van der Waals surface area contributed by atoms with Gasteiger partial charge in [0, 0.05) is 12.0 Å². The van der Waals surface area contributed by atoms with Gasteiger partial charge >= 0.3 is 11.5 Å². The van der Waals surface area contributed by atoms with Crippen LogP contribution in [0.1, 0.15) is 27.2 Å². The highest BCUT2D eigenvalue weighted by atomic mass is 17.0. The molecule has 0 aromatic carbocycles. The molecule has 3 fully saturated rings. The normalized spacial score (nSPS) is 38.3. The number of Topliss-reactive ketones (excluding diaryl/α,β-unsaturated/α-hetero) is 4. The van der Waals surface area contributed by atoms with Gasteiger partial charge in [-0.1, -0.05) is 0 Å². The average molecular weight is 364 g/mol. The zero-order valence-electron chi connectivity index (χ0n) is 14.6. The number of ether oxygens (including phenoxy) is 1. The minimum absolute atomic E-state index is 0.00482. The lowest BCUT2D eigenvalue weighted by Gasteiger charge is -2.49. The van der Waals surface area contributed by atoms with Gasteiger partial charge in [-0.05, 0) is 31.7 Å². The largest absolute Gasteiger partial charge is 0.461 e. The topological polar surface area (TPSA) is 113 Å². The van der Waals surface area contributed by atoms with E-state index in [-0.39, 0.29) is 31.8 Å². The Kier molecular flexibility index (Phi) is 3.13. The van der Waals surface area contributed by atoms with Crippen LogP contribution in [-0.4, -0.2) is 64.8 Å². The number of hydrogen-bond acceptors (Lipinski definition) is 8. The summed E-state index contributed by atoms with van der Waals surface area (Å²) in [5, 5.41) is 0. The number of carbonyl (C=O) groups excluding carboxylic acids is 5. The fraction of sp³-hybridized carbons (Fsp3) is 0.588. The fourth-order valence-corrected chi connectivity index (χ4v) is 5.27. The number of hydroxylamine groups is 4. The number of esters is 1. The summed E-state index contributed by atoms with van der Waals surface area (Å²) in [6.07, 6.45) is 1.09. The molecule has 9 nitrogen and oxygen atoms in total. The van der Waals surface area contributed by atoms with Crippen LogP contribution in [0.4, 0.5) is 0 Å². The van der Waals surface area contributed by atoms with E-state index in [0.29, 0.717) is 0 Å². The first kappa shape index (κ1) is 17.2. The molecular weight excluding hydrogens is 346 g/mol. The number of hydrogen-bond donors (Lipinski definition) is 0. The van der Waals surface area contributed by atoms with E-state index in [0.717, 1.165) is 0 Å². The van der Waals surface area contributed by atoms with Gasteiger partial charge in [0.2, 0.25) is 17.1 Å². The van der Waals surface area contributed by atoms with Crippen molar-refractivity contribution in [2.45, 2.75) is 38.3 Å². The van der Waals surface area contributed by atoms with Crippen LogP contribution >= 0.6 is 0 Å². The second-order valence-electron chi connectivity index (χ2n) is 6.70. The second kappa shape index (κ2) is 4.73. The van der Waals surface area contributed by atoms with E-state index in [9.17, 15) is 24.0 Å². The van der Waals surface area contributed by atoms with Gasteiger partial charge < -0.3 is 4.74 Å². The van der Waals surface area contributed by atoms with Crippen molar-refractivity contribution >= 4 is 29.1 Å². The third kappa shape index (κ3) is 1.19. The number of fused-ring (bicyclic) bond motifs is 1. The van der Waals surface area contributed by atoms with Crippen LogP contribution in [-0.2, 0) is 38.4 Å². The number of carbonyl (C=O) groups is 5. The highest BCUT2D eigenvalue weighted by Crippen LogP contribution is 2.75. The summed E-state index contributed by atoms with van der Waals surface area (Å²) in [6, 6.07) is 0. The predicted octanol–water partition coefficient (Wildman–Crippen LogP) is -0.619. The molecule has 0 N–H and O–H groups in total. The van der Waals surface area contributed by atoms with E-state index < -0.39 is 50.4 Å². The first-order valence-corrected chi connectivity index (χ1v) is 8.56. The quantitative estimate of drug-likeness (QED) is 0.265. The highest BCUT2D eigenvalue weighted by Gasteiger charge is 3.05. The van der Waals surface area contributed by atoms with Gasteiger partial charge in [0.25, 0.3) is 11.6 Å². The third-order valence-electron chi connectivity index (χ3n) is 5.92. The number of ketones is 4. The predicted molar refractivity (Wildman–Crippen MR) is 80.8 cm³/mol. The third-order valence-corrected chi connectivity index (χ3v) is 5.92. The standard InChI is InChI=1S/C17H18NO8/c1-4-24-14(23)17-13(22)12(21)15(18(17,25-5-2)26-6-3)7-9-10(19)11(20)16(9,17)8-15/h7H,4-6,8H2,1-3H3/q+1. The van der Waals surface area contributed by atoms with Gasteiger partial charge in [-0.2, -0.15) is 9.68 Å². The van der Waals surface area contributed by atoms with Crippen LogP contribution in [0.2, 0.25) is 0 Å². The fourth-order valence-electron chi connectivity index (χ4n) is 5.27. The summed E-state index contributed by atoms with van der Waals surface area (Å²) in [5.74, 6) is -4.74. The van der Waals surface area contributed by atoms with Crippen LogP contribution in [0.5, 0.6) is 0 Å². The van der Waals surface area contributed by atoms with Crippen LogP contribution in [0.25, 0.3) is 0 Å². The Labute approximate surface area is 148 Å². The Morgan fingerprint density at radius 1 is 1.00 bits per heavy atom. The number of rotatable bonds is 6. The molecule has 2 aliphatic carbocycles. The van der Waals surface area contributed by atoms with Gasteiger partial charge in [0.1, 0.15) is 13.2 Å². The van der Waals surface area contributed by atoms with Crippen molar-refractivity contribution in [2.75, 3.05) is 19.8 Å². The highest BCUT2D eigenvalue weighted by molar-refractivity contribution is 6.62. The maximum Gasteiger partial charge on any atom is 0.384 e. The Bertz CT molecular complexity index is 838. The Morgan fingerprint density at radius 2 is 1.62 bits per heavy atom. The van der Waals surface area contributed by atoms with Crippen molar-refractivity contribution in [3.63, 3.8) is 0 Å². The molecular formula is C17H18NO8+. The van der Waals surface area contributed by atoms with Gasteiger partial charge in [-0.15, -0.1) is 0 Å². The Balaban J connectivity index is 2.11. The lowest BCUT2D eigenvalue weighted by atomic mass is 9.51. The minimum atomic E-state index is -2.37. The van der Waals surface area contributed by atoms with E-state index in [1.807, 2.05) is 0 Å². The zero-order chi connectivity index (χ0) is 19.1. The van der Waals surface area contributed by atoms with E-state index in [1.165, 1.54) is 13.0 Å². The molecule has 2 saturated heterocycles. The van der Waals surface area contributed by atoms with Crippen molar-refractivity contribution in [2.24, 2.45) is 5.41 Å². The average Bonchev–Trinajstić information content (AvgIpc) is 3.09. The van der Waals surface area contributed by atoms with Gasteiger partial charge in [-0.3, -0.25) is 19.2 Å². The van der Waals surface area contributed by atoms with Crippen LogP contribution < -0.4 is 0 Å². The summed E-state index contributed by atoms with van der Waals surface area (Å²) in [4.78, 5) is 74.4. The van der Waals surface area contributed by atoms with Crippen molar-refractivity contribution in [1.29, 1.82) is 0 Å². The van der Waals surface area contributed by atoms with Crippen molar-refractivity contribution in [3.05, 3.63) is 11.6 Å². The van der Waals surface area contributed by atoms with Crippen LogP contribution in [0.15, 0.2) is 11.6 Å². The van der Waals surface area contributed by atoms with Crippen molar-refractivity contribution in [3.8, 4) is 0 Å². The second-order valence-corrected chi connectivity index (χ2v) is 6.70. The molecule has 9 heteroatoms. The molecule has 0 aromatic heterocycles. The summed E-state index contributed by atoms with van der Waals surface area (Å²) in [5.41, 5.74) is -5.84. The monoisotopic (exact) mass is 364 g/mol. The molecule has 2 heterocycles. The molecule has 4 aliphatic rings. The summed E-state index contributed by atoms with van der Waals surface area (Å²) in [6.45, 7) is 4.70. The number of nitrogens with zero attached hydrogens (tertiary/aromatic N) is 1. The Hall–Kier alpha value is -2.23. The van der Waals surface area contributed by atoms with Gasteiger partial charge in [-0.25, -0.2) is 4.79 Å². The van der Waals surface area contributed by atoms with E-state index in [2.05, 4.69) is 0 Å². The van der Waals surface area contributed by atoms with Crippen molar-refractivity contribution in [1.82, 2.24) is 0 Å².